The van der Waals surface area contributed by atoms with Crippen LogP contribution in [-0.4, -0.2) is 24.8 Å². The number of aryl methyl sites for hydroxylation is 2. The number of hydrogen-bond acceptors (Lipinski definition) is 4. The van der Waals surface area contributed by atoms with Crippen molar-refractivity contribution in [1.82, 2.24) is 0 Å². The molecular formula is C40H62O4. The molecule has 246 valence electrons. The number of unbranched alkanes of at least 4 members (excludes halogenated alkanes) is 18. The Hall–Kier alpha value is -2.62. The number of Topliss-reactive ketones (excluding diaryl/α,β-unsaturated/α-hetero) is 2. The molecule has 0 radical (unpaired) electrons. The van der Waals surface area contributed by atoms with Crippen LogP contribution >= 0.6 is 0 Å². The first-order chi connectivity index (χ1) is 21.5. The first-order valence-corrected chi connectivity index (χ1v) is 18.0. The molecule has 0 amide bonds. The van der Waals surface area contributed by atoms with Crippen molar-refractivity contribution in [2.45, 2.75) is 156 Å². The monoisotopic (exact) mass is 606 g/mol. The van der Waals surface area contributed by atoms with Crippen LogP contribution in [0.25, 0.3) is 0 Å². The van der Waals surface area contributed by atoms with Gasteiger partial charge in [0.05, 0.1) is 13.2 Å². The summed E-state index contributed by atoms with van der Waals surface area (Å²) in [5, 5.41) is 0. The van der Waals surface area contributed by atoms with Gasteiger partial charge in [-0.15, -0.1) is 0 Å². The summed E-state index contributed by atoms with van der Waals surface area (Å²) in [6.45, 7) is 9.68. The molecule has 0 aliphatic carbocycles. The minimum atomic E-state index is -0.515. The zero-order valence-electron chi connectivity index (χ0n) is 28.7. The van der Waals surface area contributed by atoms with E-state index in [4.69, 9.17) is 9.47 Å². The number of benzene rings is 2. The van der Waals surface area contributed by atoms with Crippen molar-refractivity contribution in [3.8, 4) is 11.5 Å². The Kier molecular flexibility index (Phi) is 20.3. The maximum absolute atomic E-state index is 13.2. The quantitative estimate of drug-likeness (QED) is 0.0576. The average molecular weight is 607 g/mol. The van der Waals surface area contributed by atoms with Gasteiger partial charge in [0.1, 0.15) is 0 Å². The molecule has 4 heteroatoms. The van der Waals surface area contributed by atoms with Crippen LogP contribution in [0.5, 0.6) is 11.5 Å². The summed E-state index contributed by atoms with van der Waals surface area (Å²) in [6.07, 6.45) is 25.4. The van der Waals surface area contributed by atoms with Crippen LogP contribution < -0.4 is 9.47 Å². The highest BCUT2D eigenvalue weighted by Gasteiger charge is 2.21. The summed E-state index contributed by atoms with van der Waals surface area (Å²) in [7, 11) is 0. The fourth-order valence-electron chi connectivity index (χ4n) is 5.57. The molecule has 2 aromatic carbocycles. The number of carbonyl (C=O) groups excluding carboxylic acids is 2. The summed E-state index contributed by atoms with van der Waals surface area (Å²) in [5.41, 5.74) is 2.87. The molecule has 0 spiro atoms. The summed E-state index contributed by atoms with van der Waals surface area (Å²) >= 11 is 0. The Morgan fingerprint density at radius 2 is 0.841 bits per heavy atom. The molecular weight excluding hydrogens is 544 g/mol. The van der Waals surface area contributed by atoms with E-state index in [0.717, 1.165) is 36.8 Å². The molecule has 0 fully saturated rings. The Bertz CT molecular complexity index is 1070. The van der Waals surface area contributed by atoms with Crippen LogP contribution in [0.4, 0.5) is 0 Å². The van der Waals surface area contributed by atoms with E-state index in [-0.39, 0.29) is 0 Å². The maximum Gasteiger partial charge on any atom is 0.233 e. The molecule has 4 nitrogen and oxygen atoms in total. The van der Waals surface area contributed by atoms with Gasteiger partial charge in [-0.1, -0.05) is 142 Å². The summed E-state index contributed by atoms with van der Waals surface area (Å²) in [5.74, 6) is 0.209. The van der Waals surface area contributed by atoms with Gasteiger partial charge in [0.25, 0.3) is 0 Å². The van der Waals surface area contributed by atoms with Crippen molar-refractivity contribution in [1.29, 1.82) is 0 Å². The zero-order chi connectivity index (χ0) is 31.8. The number of rotatable bonds is 27. The minimum Gasteiger partial charge on any atom is -0.490 e. The molecule has 0 N–H and O–H groups in total. The van der Waals surface area contributed by atoms with Gasteiger partial charge in [0.2, 0.25) is 11.6 Å². The molecule has 44 heavy (non-hydrogen) atoms. The van der Waals surface area contributed by atoms with Crippen molar-refractivity contribution in [3.63, 3.8) is 0 Å². The van der Waals surface area contributed by atoms with Crippen molar-refractivity contribution in [3.05, 3.63) is 58.7 Å². The van der Waals surface area contributed by atoms with E-state index in [9.17, 15) is 9.59 Å². The van der Waals surface area contributed by atoms with E-state index >= 15 is 0 Å². The van der Waals surface area contributed by atoms with Gasteiger partial charge in [-0.3, -0.25) is 9.59 Å². The minimum absolute atomic E-state index is 0.345. The lowest BCUT2D eigenvalue weighted by Crippen LogP contribution is -2.15. The Morgan fingerprint density at radius 3 is 1.30 bits per heavy atom. The SMILES string of the molecule is CCCCCCCCCCCCOc1ccc(C(=O)C(=O)c2ccc(C)c(C)c2)cc1OCCCCCCCCCCCC. The van der Waals surface area contributed by atoms with Crippen LogP contribution in [0, 0.1) is 13.8 Å². The zero-order valence-corrected chi connectivity index (χ0v) is 28.7. The third-order valence-corrected chi connectivity index (χ3v) is 8.69. The predicted octanol–water partition coefficient (Wildman–Crippen LogP) is 12.0. The van der Waals surface area contributed by atoms with Crippen molar-refractivity contribution in [2.24, 2.45) is 0 Å². The van der Waals surface area contributed by atoms with Crippen LogP contribution in [-0.2, 0) is 0 Å². The molecule has 0 unspecified atom stereocenters. The summed E-state index contributed by atoms with van der Waals surface area (Å²) in [6, 6.07) is 10.6. The molecule has 0 atom stereocenters. The highest BCUT2D eigenvalue weighted by molar-refractivity contribution is 6.49. The van der Waals surface area contributed by atoms with E-state index in [2.05, 4.69) is 13.8 Å². The highest BCUT2D eigenvalue weighted by atomic mass is 16.5. The standard InChI is InChI=1S/C40H62O4/c1-5-7-9-11-13-15-17-19-21-23-29-43-37-28-27-36(40(42)39(41)35-26-25-33(3)34(4)31-35)32-38(37)44-30-24-22-20-18-16-14-12-10-8-6-2/h25-28,31-32H,5-24,29-30H2,1-4H3. The Balaban J connectivity index is 1.87. The van der Waals surface area contributed by atoms with Gasteiger partial charge < -0.3 is 9.47 Å². The first kappa shape index (κ1) is 37.6. The van der Waals surface area contributed by atoms with Gasteiger partial charge in [-0.05, 0) is 62.1 Å². The molecule has 0 aromatic heterocycles. The lowest BCUT2D eigenvalue weighted by Gasteiger charge is -2.14. The highest BCUT2D eigenvalue weighted by Crippen LogP contribution is 2.30. The Morgan fingerprint density at radius 1 is 0.455 bits per heavy atom. The normalized spacial score (nSPS) is 11.1. The maximum atomic E-state index is 13.2. The third kappa shape index (κ3) is 15.4. The van der Waals surface area contributed by atoms with E-state index in [1.165, 1.54) is 103 Å². The lowest BCUT2D eigenvalue weighted by atomic mass is 9.98. The van der Waals surface area contributed by atoms with Gasteiger partial charge in [-0.25, -0.2) is 0 Å². The fourth-order valence-corrected chi connectivity index (χ4v) is 5.57. The average Bonchev–Trinajstić information content (AvgIpc) is 3.03. The molecule has 0 saturated heterocycles. The number of ketones is 2. The van der Waals surface area contributed by atoms with Crippen LogP contribution in [0.15, 0.2) is 36.4 Å². The van der Waals surface area contributed by atoms with Crippen molar-refractivity contribution >= 4 is 11.6 Å². The fraction of sp³-hybridized carbons (Fsp3) is 0.650. The number of ether oxygens (including phenoxy) is 2. The predicted molar refractivity (Wildman–Crippen MR) is 186 cm³/mol. The van der Waals surface area contributed by atoms with Gasteiger partial charge >= 0.3 is 0 Å². The molecule has 0 bridgehead atoms. The van der Waals surface area contributed by atoms with Crippen LogP contribution in [0.3, 0.4) is 0 Å². The summed E-state index contributed by atoms with van der Waals surface area (Å²) in [4.78, 5) is 26.2. The van der Waals surface area contributed by atoms with Gasteiger partial charge in [-0.2, -0.15) is 0 Å². The van der Waals surface area contributed by atoms with E-state index in [0.29, 0.717) is 35.8 Å². The molecule has 0 heterocycles. The van der Waals surface area contributed by atoms with Crippen molar-refractivity contribution in [2.75, 3.05) is 13.2 Å². The molecule has 0 aliphatic heterocycles. The first-order valence-electron chi connectivity index (χ1n) is 18.0. The Labute approximate surface area is 269 Å². The van der Waals surface area contributed by atoms with E-state index in [1.54, 1.807) is 30.3 Å². The van der Waals surface area contributed by atoms with Crippen LogP contribution in [0.1, 0.15) is 174 Å². The lowest BCUT2D eigenvalue weighted by molar-refractivity contribution is 0.0816. The van der Waals surface area contributed by atoms with Gasteiger partial charge in [0, 0.05) is 11.1 Å². The largest absolute Gasteiger partial charge is 0.490 e. The van der Waals surface area contributed by atoms with E-state index in [1.807, 2.05) is 19.9 Å². The third-order valence-electron chi connectivity index (χ3n) is 8.69. The van der Waals surface area contributed by atoms with Crippen molar-refractivity contribution < 1.29 is 19.1 Å². The van der Waals surface area contributed by atoms with Crippen LogP contribution in [0.2, 0.25) is 0 Å². The second-order valence-electron chi connectivity index (χ2n) is 12.7. The second kappa shape index (κ2) is 23.7. The molecule has 0 aliphatic rings. The van der Waals surface area contributed by atoms with Gasteiger partial charge in [0.15, 0.2) is 11.5 Å². The molecule has 2 rings (SSSR count). The topological polar surface area (TPSA) is 52.6 Å². The molecule has 0 saturated carbocycles. The second-order valence-corrected chi connectivity index (χ2v) is 12.7. The smallest absolute Gasteiger partial charge is 0.233 e. The number of hydrogen-bond donors (Lipinski definition) is 0. The molecule has 2 aromatic rings. The summed E-state index contributed by atoms with van der Waals surface area (Å²) < 4.78 is 12.3. The number of carbonyl (C=O) groups is 2. The van der Waals surface area contributed by atoms with E-state index < -0.39 is 11.6 Å².